The molecule has 2 aromatic rings. The molecule has 2 rings (SSSR count). The topological polar surface area (TPSA) is 94.9 Å². The van der Waals surface area contributed by atoms with Gasteiger partial charge in [-0.1, -0.05) is 30.3 Å². The van der Waals surface area contributed by atoms with E-state index in [1.165, 1.54) is 19.3 Å². The van der Waals surface area contributed by atoms with Crippen molar-refractivity contribution >= 4 is 18.0 Å². The molecule has 31 heavy (non-hydrogen) atoms. The SMILES string of the molecule is C=CCc1ccccc1OCC(=O)Oc1ccc(/C=C(\C#N)C(=O)OCC)cc1OC. The number of ether oxygens (including phenoxy) is 4. The Morgan fingerprint density at radius 3 is 2.58 bits per heavy atom. The van der Waals surface area contributed by atoms with Gasteiger partial charge < -0.3 is 18.9 Å². The smallest absolute Gasteiger partial charge is 0.349 e. The van der Waals surface area contributed by atoms with E-state index in [9.17, 15) is 9.59 Å². The third-order valence-corrected chi connectivity index (χ3v) is 4.02. The van der Waals surface area contributed by atoms with Crippen molar-refractivity contribution in [3.63, 3.8) is 0 Å². The van der Waals surface area contributed by atoms with E-state index >= 15 is 0 Å². The van der Waals surface area contributed by atoms with Gasteiger partial charge in [0.2, 0.25) is 0 Å². The molecule has 0 amide bonds. The van der Waals surface area contributed by atoms with Crippen LogP contribution in [0.5, 0.6) is 17.2 Å². The second-order valence-electron chi connectivity index (χ2n) is 6.16. The molecule has 0 saturated heterocycles. The van der Waals surface area contributed by atoms with E-state index in [0.717, 1.165) is 5.56 Å². The summed E-state index contributed by atoms with van der Waals surface area (Å²) in [4.78, 5) is 24.0. The lowest BCUT2D eigenvalue weighted by Gasteiger charge is -2.12. The molecule has 2 aromatic carbocycles. The van der Waals surface area contributed by atoms with E-state index in [1.807, 2.05) is 18.2 Å². The molecule has 0 N–H and O–H groups in total. The van der Waals surface area contributed by atoms with Crippen molar-refractivity contribution in [1.82, 2.24) is 0 Å². The van der Waals surface area contributed by atoms with Gasteiger partial charge in [0.25, 0.3) is 0 Å². The summed E-state index contributed by atoms with van der Waals surface area (Å²) in [5.74, 6) is -0.306. The van der Waals surface area contributed by atoms with Crippen LogP contribution in [0, 0.1) is 11.3 Å². The van der Waals surface area contributed by atoms with Crippen LogP contribution in [0.15, 0.2) is 60.7 Å². The number of hydrogen-bond acceptors (Lipinski definition) is 7. The van der Waals surface area contributed by atoms with Gasteiger partial charge in [0, 0.05) is 0 Å². The van der Waals surface area contributed by atoms with Crippen molar-refractivity contribution in [3.05, 3.63) is 71.8 Å². The van der Waals surface area contributed by atoms with Gasteiger partial charge in [-0.05, 0) is 48.7 Å². The summed E-state index contributed by atoms with van der Waals surface area (Å²) in [6, 6.07) is 13.8. The van der Waals surface area contributed by atoms with Crippen LogP contribution in [-0.4, -0.2) is 32.3 Å². The van der Waals surface area contributed by atoms with E-state index in [0.29, 0.717) is 17.7 Å². The van der Waals surface area contributed by atoms with E-state index in [4.69, 9.17) is 24.2 Å². The Hall–Kier alpha value is -4.05. The maximum atomic E-state index is 12.3. The van der Waals surface area contributed by atoms with E-state index < -0.39 is 11.9 Å². The molecule has 0 spiro atoms. The fourth-order valence-electron chi connectivity index (χ4n) is 2.63. The number of hydrogen-bond donors (Lipinski definition) is 0. The van der Waals surface area contributed by atoms with Gasteiger partial charge in [-0.25, -0.2) is 9.59 Å². The summed E-state index contributed by atoms with van der Waals surface area (Å²) in [5.41, 5.74) is 1.27. The summed E-state index contributed by atoms with van der Waals surface area (Å²) < 4.78 is 21.0. The van der Waals surface area contributed by atoms with Crippen LogP contribution < -0.4 is 14.2 Å². The minimum atomic E-state index is -0.714. The molecule has 0 fully saturated rings. The second kappa shape index (κ2) is 11.8. The second-order valence-corrected chi connectivity index (χ2v) is 6.16. The van der Waals surface area contributed by atoms with E-state index in [1.54, 1.807) is 37.3 Å². The van der Waals surface area contributed by atoms with Crippen LogP contribution in [0.2, 0.25) is 0 Å². The summed E-state index contributed by atoms with van der Waals surface area (Å²) >= 11 is 0. The zero-order chi connectivity index (χ0) is 22.6. The normalized spacial score (nSPS) is 10.5. The average molecular weight is 421 g/mol. The number of benzene rings is 2. The zero-order valence-electron chi connectivity index (χ0n) is 17.4. The first-order valence-corrected chi connectivity index (χ1v) is 9.51. The third-order valence-electron chi connectivity index (χ3n) is 4.02. The summed E-state index contributed by atoms with van der Waals surface area (Å²) in [6.45, 7) is 5.23. The molecular weight excluding hydrogens is 398 g/mol. The third kappa shape index (κ3) is 6.75. The first-order valence-electron chi connectivity index (χ1n) is 9.51. The highest BCUT2D eigenvalue weighted by atomic mass is 16.6. The molecule has 7 nitrogen and oxygen atoms in total. The Bertz CT molecular complexity index is 1020. The van der Waals surface area contributed by atoms with E-state index in [-0.39, 0.29) is 30.3 Å². The Morgan fingerprint density at radius 1 is 1.13 bits per heavy atom. The number of carbonyl (C=O) groups is 2. The number of nitriles is 1. The van der Waals surface area contributed by atoms with Crippen molar-refractivity contribution < 1.29 is 28.5 Å². The first kappa shape index (κ1) is 23.2. The van der Waals surface area contributed by atoms with Crippen molar-refractivity contribution in [3.8, 4) is 23.3 Å². The highest BCUT2D eigenvalue weighted by molar-refractivity contribution is 5.98. The molecule has 7 heteroatoms. The Balaban J connectivity index is 2.10. The number of carbonyl (C=O) groups excluding carboxylic acids is 2. The molecule has 0 saturated carbocycles. The molecule has 0 aliphatic rings. The fourth-order valence-corrected chi connectivity index (χ4v) is 2.63. The fraction of sp³-hybridized carbons (Fsp3) is 0.208. The highest BCUT2D eigenvalue weighted by Crippen LogP contribution is 2.29. The lowest BCUT2D eigenvalue weighted by molar-refractivity contribution is -0.138. The Kier molecular flexibility index (Phi) is 8.87. The van der Waals surface area contributed by atoms with Crippen LogP contribution in [0.1, 0.15) is 18.1 Å². The Morgan fingerprint density at radius 2 is 1.90 bits per heavy atom. The standard InChI is InChI=1S/C24H23NO6/c1-4-8-18-9-6-7-10-20(18)30-16-23(26)31-21-12-11-17(14-22(21)28-3)13-19(15-25)24(27)29-5-2/h4,6-7,9-14H,1,5,8,16H2,2-3H3/b19-13+. The molecule has 0 heterocycles. The summed E-state index contributed by atoms with van der Waals surface area (Å²) in [7, 11) is 1.42. The predicted molar refractivity (Wildman–Crippen MR) is 115 cm³/mol. The van der Waals surface area contributed by atoms with Crippen molar-refractivity contribution in [1.29, 1.82) is 5.26 Å². The monoisotopic (exact) mass is 421 g/mol. The van der Waals surface area contributed by atoms with Gasteiger partial charge >= 0.3 is 11.9 Å². The minimum Gasteiger partial charge on any atom is -0.493 e. The predicted octanol–water partition coefficient (Wildman–Crippen LogP) is 3.88. The molecule has 0 radical (unpaired) electrons. The van der Waals surface area contributed by atoms with E-state index in [2.05, 4.69) is 6.58 Å². The number of rotatable bonds is 10. The molecule has 0 aromatic heterocycles. The van der Waals surface area contributed by atoms with Crippen molar-refractivity contribution in [2.45, 2.75) is 13.3 Å². The minimum absolute atomic E-state index is 0.153. The lowest BCUT2D eigenvalue weighted by Crippen LogP contribution is -2.18. The van der Waals surface area contributed by atoms with Crippen LogP contribution in [0.4, 0.5) is 0 Å². The number of nitrogens with zero attached hydrogens (tertiary/aromatic N) is 1. The quantitative estimate of drug-likeness (QED) is 0.189. The van der Waals surface area contributed by atoms with Crippen LogP contribution in [0.25, 0.3) is 6.08 Å². The first-order chi connectivity index (χ1) is 15.0. The molecule has 160 valence electrons. The van der Waals surface area contributed by atoms with Crippen LogP contribution in [-0.2, 0) is 20.7 Å². The molecular formula is C24H23NO6. The van der Waals surface area contributed by atoms with Gasteiger partial charge in [0.15, 0.2) is 18.1 Å². The van der Waals surface area contributed by atoms with Gasteiger partial charge in [0.05, 0.1) is 13.7 Å². The molecule has 0 aliphatic carbocycles. The maximum Gasteiger partial charge on any atom is 0.349 e. The van der Waals surface area contributed by atoms with Crippen LogP contribution >= 0.6 is 0 Å². The van der Waals surface area contributed by atoms with Crippen LogP contribution in [0.3, 0.4) is 0 Å². The number of para-hydroxylation sites is 1. The molecule has 0 bridgehead atoms. The van der Waals surface area contributed by atoms with Gasteiger partial charge in [-0.15, -0.1) is 6.58 Å². The highest BCUT2D eigenvalue weighted by Gasteiger charge is 2.14. The van der Waals surface area contributed by atoms with Gasteiger partial charge in [0.1, 0.15) is 17.4 Å². The van der Waals surface area contributed by atoms with Crippen molar-refractivity contribution in [2.75, 3.05) is 20.3 Å². The summed E-state index contributed by atoms with van der Waals surface area (Å²) in [6.07, 6.45) is 3.73. The van der Waals surface area contributed by atoms with Gasteiger partial charge in [-0.2, -0.15) is 5.26 Å². The van der Waals surface area contributed by atoms with Crippen molar-refractivity contribution in [2.24, 2.45) is 0 Å². The molecule has 0 aliphatic heterocycles. The molecule has 0 atom stereocenters. The summed E-state index contributed by atoms with van der Waals surface area (Å²) in [5, 5.41) is 9.15. The largest absolute Gasteiger partial charge is 0.493 e. The number of allylic oxidation sites excluding steroid dienone is 1. The maximum absolute atomic E-state index is 12.3. The zero-order valence-corrected chi connectivity index (χ0v) is 17.4. The number of methoxy groups -OCH3 is 1. The van der Waals surface area contributed by atoms with Gasteiger partial charge in [-0.3, -0.25) is 0 Å². The molecule has 0 unspecified atom stereocenters. The lowest BCUT2D eigenvalue weighted by atomic mass is 10.1. The average Bonchev–Trinajstić information content (AvgIpc) is 2.78. The number of esters is 2. The Labute approximate surface area is 181 Å².